The molecular weight excluding hydrogens is 300 g/mol. The van der Waals surface area contributed by atoms with Gasteiger partial charge in [-0.2, -0.15) is 0 Å². The third-order valence-electron chi connectivity index (χ3n) is 2.46. The Kier molecular flexibility index (Phi) is 3.69. The van der Waals surface area contributed by atoms with Crippen LogP contribution in [-0.2, 0) is 13.6 Å². The van der Waals surface area contributed by atoms with Gasteiger partial charge >= 0.3 is 0 Å². The number of thiophene rings is 1. The van der Waals surface area contributed by atoms with Crippen molar-refractivity contribution in [1.29, 1.82) is 0 Å². The lowest BCUT2D eigenvalue weighted by Crippen LogP contribution is -2.15. The summed E-state index contributed by atoms with van der Waals surface area (Å²) in [6.45, 7) is 2.86. The molecule has 2 aromatic rings. The Morgan fingerprint density at radius 1 is 1.47 bits per heavy atom. The van der Waals surface area contributed by atoms with Crippen molar-refractivity contribution in [3.8, 4) is 0 Å². The van der Waals surface area contributed by atoms with Crippen LogP contribution in [0.4, 0.5) is 5.69 Å². The number of rotatable bonds is 3. The molecule has 0 bridgehead atoms. The highest BCUT2D eigenvalue weighted by atomic mass is 79.9. The largest absolute Gasteiger partial charge is 0.379 e. The zero-order valence-electron chi connectivity index (χ0n) is 9.66. The van der Waals surface area contributed by atoms with Gasteiger partial charge in [0.2, 0.25) is 5.56 Å². The molecule has 0 unspecified atom stereocenters. The third kappa shape index (κ3) is 2.98. The fourth-order valence-corrected chi connectivity index (χ4v) is 3.03. The molecule has 2 aromatic heterocycles. The molecule has 0 spiro atoms. The van der Waals surface area contributed by atoms with Crippen molar-refractivity contribution >= 4 is 33.0 Å². The van der Waals surface area contributed by atoms with Crippen LogP contribution in [0.2, 0.25) is 0 Å². The molecule has 90 valence electrons. The van der Waals surface area contributed by atoms with Gasteiger partial charge in [-0.05, 0) is 35.0 Å². The van der Waals surface area contributed by atoms with Gasteiger partial charge in [0.25, 0.3) is 0 Å². The van der Waals surface area contributed by atoms with Crippen LogP contribution in [0.5, 0.6) is 0 Å². The van der Waals surface area contributed by atoms with Gasteiger partial charge in [-0.3, -0.25) is 4.79 Å². The van der Waals surface area contributed by atoms with Crippen molar-refractivity contribution in [3.05, 3.63) is 49.0 Å². The molecule has 0 aliphatic rings. The van der Waals surface area contributed by atoms with E-state index in [-0.39, 0.29) is 5.56 Å². The normalized spacial score (nSPS) is 10.5. The smallest absolute Gasteiger partial charge is 0.250 e. The van der Waals surface area contributed by atoms with Crippen LogP contribution in [-0.4, -0.2) is 4.57 Å². The van der Waals surface area contributed by atoms with E-state index in [1.807, 2.05) is 0 Å². The molecule has 0 aliphatic carbocycles. The molecule has 1 N–H and O–H groups in total. The number of hydrogen-bond acceptors (Lipinski definition) is 3. The Balaban J connectivity index is 2.07. The summed E-state index contributed by atoms with van der Waals surface area (Å²) in [6.07, 6.45) is 1.80. The summed E-state index contributed by atoms with van der Waals surface area (Å²) in [7, 11) is 1.75. The van der Waals surface area contributed by atoms with Crippen LogP contribution >= 0.6 is 27.3 Å². The molecule has 3 nitrogen and oxygen atoms in total. The van der Waals surface area contributed by atoms with Gasteiger partial charge in [-0.15, -0.1) is 11.3 Å². The van der Waals surface area contributed by atoms with E-state index in [0.717, 1.165) is 16.7 Å². The number of hydrogen-bond donors (Lipinski definition) is 1. The lowest BCUT2D eigenvalue weighted by Gasteiger charge is -2.05. The van der Waals surface area contributed by atoms with E-state index in [4.69, 9.17) is 0 Å². The predicted octanol–water partition coefficient (Wildman–Crippen LogP) is 3.13. The highest BCUT2D eigenvalue weighted by molar-refractivity contribution is 9.10. The summed E-state index contributed by atoms with van der Waals surface area (Å²) in [6, 6.07) is 5.49. The van der Waals surface area contributed by atoms with E-state index in [0.29, 0.717) is 0 Å². The SMILES string of the molecule is Cc1sc(CNc2ccc(=O)n(C)c2)cc1Br. The molecule has 0 saturated heterocycles. The van der Waals surface area contributed by atoms with Gasteiger partial charge in [-0.25, -0.2) is 0 Å². The fraction of sp³-hybridized carbons (Fsp3) is 0.250. The molecule has 2 heterocycles. The summed E-state index contributed by atoms with van der Waals surface area (Å²) < 4.78 is 2.72. The van der Waals surface area contributed by atoms with Crippen LogP contribution < -0.4 is 10.9 Å². The van der Waals surface area contributed by atoms with Crippen LogP contribution in [0.3, 0.4) is 0 Å². The summed E-state index contributed by atoms with van der Waals surface area (Å²) in [5, 5.41) is 3.30. The zero-order chi connectivity index (χ0) is 12.4. The zero-order valence-corrected chi connectivity index (χ0v) is 12.1. The Hall–Kier alpha value is -1.07. The molecule has 0 saturated carbocycles. The molecule has 0 fully saturated rings. The average molecular weight is 313 g/mol. The Morgan fingerprint density at radius 3 is 2.82 bits per heavy atom. The van der Waals surface area contributed by atoms with Gasteiger partial charge < -0.3 is 9.88 Å². The topological polar surface area (TPSA) is 34.0 Å². The number of aromatic nitrogens is 1. The van der Waals surface area contributed by atoms with Gasteiger partial charge in [0.1, 0.15) is 0 Å². The number of aryl methyl sites for hydroxylation is 2. The minimum atomic E-state index is 0.00487. The number of nitrogens with zero attached hydrogens (tertiary/aromatic N) is 1. The lowest BCUT2D eigenvalue weighted by molar-refractivity contribution is 0.859. The molecular formula is C12H13BrN2OS. The van der Waals surface area contributed by atoms with Gasteiger partial charge in [-0.1, -0.05) is 0 Å². The quantitative estimate of drug-likeness (QED) is 0.944. The Labute approximate surface area is 112 Å². The second-order valence-corrected chi connectivity index (χ2v) is 6.03. The number of anilines is 1. The molecule has 17 heavy (non-hydrogen) atoms. The Bertz CT molecular complexity index is 569. The lowest BCUT2D eigenvalue weighted by atomic mass is 10.4. The summed E-state index contributed by atoms with van der Waals surface area (Å²) >= 11 is 5.26. The van der Waals surface area contributed by atoms with Crippen LogP contribution in [0, 0.1) is 6.92 Å². The highest BCUT2D eigenvalue weighted by Crippen LogP contribution is 2.26. The van der Waals surface area contributed by atoms with E-state index in [1.54, 1.807) is 41.3 Å². The van der Waals surface area contributed by atoms with E-state index >= 15 is 0 Å². The third-order valence-corrected chi connectivity index (χ3v) is 4.60. The van der Waals surface area contributed by atoms with Crippen molar-refractivity contribution < 1.29 is 0 Å². The maximum atomic E-state index is 11.2. The minimum Gasteiger partial charge on any atom is -0.379 e. The molecule has 2 rings (SSSR count). The molecule has 0 amide bonds. The molecule has 0 aromatic carbocycles. The molecule has 0 radical (unpaired) electrons. The monoisotopic (exact) mass is 312 g/mol. The fourth-order valence-electron chi connectivity index (χ4n) is 1.49. The first kappa shape index (κ1) is 12.4. The molecule has 0 aliphatic heterocycles. The van der Waals surface area contributed by atoms with Crippen molar-refractivity contribution in [3.63, 3.8) is 0 Å². The second kappa shape index (κ2) is 5.06. The van der Waals surface area contributed by atoms with Crippen LogP contribution in [0.1, 0.15) is 9.75 Å². The summed E-state index contributed by atoms with van der Waals surface area (Å²) in [5.74, 6) is 0. The van der Waals surface area contributed by atoms with E-state index < -0.39 is 0 Å². The van der Waals surface area contributed by atoms with Gasteiger partial charge in [0.15, 0.2) is 0 Å². The van der Waals surface area contributed by atoms with Crippen molar-refractivity contribution in [2.75, 3.05) is 5.32 Å². The maximum Gasteiger partial charge on any atom is 0.250 e. The van der Waals surface area contributed by atoms with Crippen LogP contribution in [0.25, 0.3) is 0 Å². The van der Waals surface area contributed by atoms with Crippen molar-refractivity contribution in [2.24, 2.45) is 7.05 Å². The van der Waals surface area contributed by atoms with Gasteiger partial charge in [0.05, 0.1) is 5.69 Å². The Morgan fingerprint density at radius 2 is 2.24 bits per heavy atom. The molecule has 0 atom stereocenters. The first-order chi connectivity index (χ1) is 8.06. The molecule has 5 heteroatoms. The van der Waals surface area contributed by atoms with E-state index in [1.165, 1.54) is 9.75 Å². The van der Waals surface area contributed by atoms with Gasteiger partial charge in [0, 0.05) is 40.1 Å². The van der Waals surface area contributed by atoms with E-state index in [9.17, 15) is 4.79 Å². The highest BCUT2D eigenvalue weighted by Gasteiger charge is 2.02. The number of pyridine rings is 1. The number of halogens is 1. The van der Waals surface area contributed by atoms with Crippen molar-refractivity contribution in [1.82, 2.24) is 4.57 Å². The van der Waals surface area contributed by atoms with Crippen molar-refractivity contribution in [2.45, 2.75) is 13.5 Å². The number of nitrogens with one attached hydrogen (secondary N) is 1. The van der Waals surface area contributed by atoms with Crippen LogP contribution in [0.15, 0.2) is 33.7 Å². The standard InChI is InChI=1S/C12H13BrN2OS/c1-8-11(13)5-10(17-8)6-14-9-3-4-12(16)15(2)7-9/h3-5,7,14H,6H2,1-2H3. The maximum absolute atomic E-state index is 11.2. The first-order valence-electron chi connectivity index (χ1n) is 5.21. The van der Waals surface area contributed by atoms with E-state index in [2.05, 4.69) is 34.2 Å². The average Bonchev–Trinajstić information content (AvgIpc) is 2.60. The minimum absolute atomic E-state index is 0.00487. The second-order valence-electron chi connectivity index (χ2n) is 3.84. The predicted molar refractivity (Wildman–Crippen MR) is 75.8 cm³/mol. The summed E-state index contributed by atoms with van der Waals surface area (Å²) in [4.78, 5) is 13.8. The summed E-state index contributed by atoms with van der Waals surface area (Å²) in [5.41, 5.74) is 0.958. The first-order valence-corrected chi connectivity index (χ1v) is 6.82.